The van der Waals surface area contributed by atoms with Gasteiger partial charge in [0.15, 0.2) is 0 Å². The number of ether oxygens (including phenoxy) is 1. The number of anilines is 1. The molecule has 0 saturated carbocycles. The van der Waals surface area contributed by atoms with Crippen LogP contribution < -0.4 is 9.64 Å². The van der Waals surface area contributed by atoms with E-state index in [9.17, 15) is 0 Å². The molecule has 2 aliphatic heterocycles. The lowest BCUT2D eigenvalue weighted by Crippen LogP contribution is -2.36. The van der Waals surface area contributed by atoms with Crippen LogP contribution in [-0.4, -0.2) is 18.1 Å². The molecule has 0 saturated heterocycles. The number of benzene rings is 2. The highest BCUT2D eigenvalue weighted by Gasteiger charge is 2.49. The fraction of sp³-hybridized carbons (Fsp3) is 0.261. The van der Waals surface area contributed by atoms with Gasteiger partial charge in [-0.15, -0.1) is 0 Å². The van der Waals surface area contributed by atoms with Crippen molar-refractivity contribution in [3.8, 4) is 5.75 Å². The van der Waals surface area contributed by atoms with Crippen LogP contribution in [0.5, 0.6) is 5.75 Å². The van der Waals surface area contributed by atoms with E-state index >= 15 is 0 Å². The Labute approximate surface area is 154 Å². The van der Waals surface area contributed by atoms with E-state index in [1.807, 2.05) is 12.3 Å². The van der Waals surface area contributed by atoms with Crippen LogP contribution in [0, 0.1) is 13.8 Å². The maximum Gasteiger partial charge on any atom is 0.123 e. The van der Waals surface area contributed by atoms with E-state index in [4.69, 9.17) is 4.74 Å². The predicted octanol–water partition coefficient (Wildman–Crippen LogP) is 4.40. The molecule has 2 aliphatic rings. The van der Waals surface area contributed by atoms with E-state index in [1.165, 1.54) is 27.9 Å². The summed E-state index contributed by atoms with van der Waals surface area (Å²) in [4.78, 5) is 6.98. The Balaban J connectivity index is 1.62. The first-order valence-electron chi connectivity index (χ1n) is 9.16. The Kier molecular flexibility index (Phi) is 3.33. The van der Waals surface area contributed by atoms with Crippen LogP contribution in [0.25, 0.3) is 0 Å². The summed E-state index contributed by atoms with van der Waals surface area (Å²) in [6, 6.07) is 19.4. The summed E-state index contributed by atoms with van der Waals surface area (Å²) in [6.07, 6.45) is 1.87. The second kappa shape index (κ2) is 5.60. The van der Waals surface area contributed by atoms with E-state index in [1.54, 1.807) is 0 Å². The van der Waals surface area contributed by atoms with Gasteiger partial charge in [-0.05, 0) is 54.8 Å². The fourth-order valence-corrected chi connectivity index (χ4v) is 4.39. The van der Waals surface area contributed by atoms with Crippen molar-refractivity contribution >= 4 is 5.69 Å². The zero-order valence-corrected chi connectivity index (χ0v) is 15.2. The number of rotatable bonds is 2. The second-order valence-corrected chi connectivity index (χ2v) is 7.50. The van der Waals surface area contributed by atoms with Crippen molar-refractivity contribution in [1.29, 1.82) is 0 Å². The second-order valence-electron chi connectivity index (χ2n) is 7.50. The third kappa shape index (κ3) is 2.16. The lowest BCUT2D eigenvalue weighted by molar-refractivity contribution is 0.299. The molecule has 3 aromatic rings. The standard InChI is InChI=1S/C23H22N2O/c1-16-11-20-22(12-17(16)2)26-15-23(20)14-25(13-18-7-5-6-10-24-18)21-9-4-3-8-19(21)23/h3-12H,13-15H2,1-2H3. The number of aryl methyl sites for hydroxylation is 2. The van der Waals surface area contributed by atoms with Gasteiger partial charge in [-0.2, -0.15) is 0 Å². The quantitative estimate of drug-likeness (QED) is 0.690. The summed E-state index contributed by atoms with van der Waals surface area (Å²) in [7, 11) is 0. The van der Waals surface area contributed by atoms with Crippen molar-refractivity contribution < 1.29 is 4.74 Å². The molecule has 0 aliphatic carbocycles. The van der Waals surface area contributed by atoms with Gasteiger partial charge in [0.2, 0.25) is 0 Å². The van der Waals surface area contributed by atoms with E-state index < -0.39 is 0 Å². The largest absolute Gasteiger partial charge is 0.492 e. The van der Waals surface area contributed by atoms with Gasteiger partial charge in [0.1, 0.15) is 12.4 Å². The molecular formula is C23H22N2O. The number of hydrogen-bond donors (Lipinski definition) is 0. The topological polar surface area (TPSA) is 25.4 Å². The molecule has 26 heavy (non-hydrogen) atoms. The number of para-hydroxylation sites is 1. The molecule has 3 heterocycles. The average Bonchev–Trinajstić information content (AvgIpc) is 3.16. The first kappa shape index (κ1) is 15.4. The van der Waals surface area contributed by atoms with Gasteiger partial charge in [0, 0.05) is 24.0 Å². The molecule has 0 bridgehead atoms. The number of nitrogens with zero attached hydrogens (tertiary/aromatic N) is 2. The van der Waals surface area contributed by atoms with Gasteiger partial charge in [0.25, 0.3) is 0 Å². The molecule has 0 radical (unpaired) electrons. The van der Waals surface area contributed by atoms with Crippen molar-refractivity contribution in [3.63, 3.8) is 0 Å². The van der Waals surface area contributed by atoms with Crippen LogP contribution in [0.1, 0.15) is 27.9 Å². The van der Waals surface area contributed by atoms with Crippen molar-refractivity contribution in [2.24, 2.45) is 0 Å². The van der Waals surface area contributed by atoms with Crippen LogP contribution >= 0.6 is 0 Å². The lowest BCUT2D eigenvalue weighted by atomic mass is 9.77. The molecular weight excluding hydrogens is 320 g/mol. The third-order valence-electron chi connectivity index (χ3n) is 5.89. The summed E-state index contributed by atoms with van der Waals surface area (Å²) in [6.45, 7) is 6.80. The first-order chi connectivity index (χ1) is 12.7. The highest BCUT2D eigenvalue weighted by Crippen LogP contribution is 2.52. The normalized spacial score (nSPS) is 20.2. The molecule has 0 fully saturated rings. The SMILES string of the molecule is Cc1cc2c(cc1C)C1(CO2)CN(Cc2ccccn2)c2ccccc21. The van der Waals surface area contributed by atoms with Crippen molar-refractivity contribution in [3.05, 3.63) is 88.7 Å². The number of hydrogen-bond acceptors (Lipinski definition) is 3. The van der Waals surface area contributed by atoms with Gasteiger partial charge in [-0.1, -0.05) is 30.3 Å². The Hall–Kier alpha value is -2.81. The molecule has 3 nitrogen and oxygen atoms in total. The summed E-state index contributed by atoms with van der Waals surface area (Å²) >= 11 is 0. The van der Waals surface area contributed by atoms with Gasteiger partial charge < -0.3 is 9.64 Å². The average molecular weight is 342 g/mol. The monoisotopic (exact) mass is 342 g/mol. The smallest absolute Gasteiger partial charge is 0.123 e. The minimum Gasteiger partial charge on any atom is -0.492 e. The van der Waals surface area contributed by atoms with E-state index in [2.05, 4.69) is 72.3 Å². The Morgan fingerprint density at radius 1 is 1.00 bits per heavy atom. The maximum atomic E-state index is 6.19. The van der Waals surface area contributed by atoms with E-state index in [0.717, 1.165) is 24.5 Å². The summed E-state index contributed by atoms with van der Waals surface area (Å²) in [5.74, 6) is 1.04. The molecule has 0 amide bonds. The molecule has 1 unspecified atom stereocenters. The van der Waals surface area contributed by atoms with Crippen LogP contribution in [-0.2, 0) is 12.0 Å². The minimum absolute atomic E-state index is 0.0842. The molecule has 0 N–H and O–H groups in total. The maximum absolute atomic E-state index is 6.19. The number of pyridine rings is 1. The Bertz CT molecular complexity index is 983. The predicted molar refractivity (Wildman–Crippen MR) is 104 cm³/mol. The molecule has 3 heteroatoms. The molecule has 1 atom stereocenters. The van der Waals surface area contributed by atoms with E-state index in [0.29, 0.717) is 6.61 Å². The molecule has 130 valence electrons. The summed E-state index contributed by atoms with van der Waals surface area (Å²) in [5, 5.41) is 0. The molecule has 1 aromatic heterocycles. The molecule has 2 aromatic carbocycles. The van der Waals surface area contributed by atoms with E-state index in [-0.39, 0.29) is 5.41 Å². The molecule has 1 spiro atoms. The van der Waals surface area contributed by atoms with Gasteiger partial charge in [0.05, 0.1) is 17.7 Å². The van der Waals surface area contributed by atoms with Crippen LogP contribution in [0.4, 0.5) is 5.69 Å². The zero-order chi connectivity index (χ0) is 17.7. The highest BCUT2D eigenvalue weighted by atomic mass is 16.5. The van der Waals surface area contributed by atoms with Crippen molar-refractivity contribution in [2.75, 3.05) is 18.1 Å². The fourth-order valence-electron chi connectivity index (χ4n) is 4.39. The van der Waals surface area contributed by atoms with Crippen molar-refractivity contribution in [2.45, 2.75) is 25.8 Å². The van der Waals surface area contributed by atoms with Crippen LogP contribution in [0.3, 0.4) is 0 Å². The third-order valence-corrected chi connectivity index (χ3v) is 5.89. The van der Waals surface area contributed by atoms with Crippen LogP contribution in [0.15, 0.2) is 60.8 Å². The lowest BCUT2D eigenvalue weighted by Gasteiger charge is -2.25. The summed E-state index contributed by atoms with van der Waals surface area (Å²) < 4.78 is 6.19. The highest BCUT2D eigenvalue weighted by molar-refractivity contribution is 5.69. The zero-order valence-electron chi connectivity index (χ0n) is 15.2. The summed E-state index contributed by atoms with van der Waals surface area (Å²) in [5.41, 5.74) is 7.63. The minimum atomic E-state index is -0.0842. The Morgan fingerprint density at radius 3 is 2.65 bits per heavy atom. The Morgan fingerprint density at radius 2 is 1.81 bits per heavy atom. The van der Waals surface area contributed by atoms with Gasteiger partial charge >= 0.3 is 0 Å². The number of fused-ring (bicyclic) bond motifs is 4. The molecule has 5 rings (SSSR count). The van der Waals surface area contributed by atoms with Gasteiger partial charge in [-0.3, -0.25) is 4.98 Å². The first-order valence-corrected chi connectivity index (χ1v) is 9.16. The number of aromatic nitrogens is 1. The van der Waals surface area contributed by atoms with Crippen LogP contribution in [0.2, 0.25) is 0 Å². The van der Waals surface area contributed by atoms with Crippen molar-refractivity contribution in [1.82, 2.24) is 4.98 Å². The van der Waals surface area contributed by atoms with Gasteiger partial charge in [-0.25, -0.2) is 0 Å².